The number of phenolic OH excluding ortho intramolecular Hbond substituents is 2. The van der Waals surface area contributed by atoms with Gasteiger partial charge in [0.15, 0.2) is 0 Å². The van der Waals surface area contributed by atoms with E-state index >= 15 is 0 Å². The number of fused-ring (bicyclic) bond motifs is 6. The van der Waals surface area contributed by atoms with Crippen LogP contribution in [0.5, 0.6) is 11.5 Å². The van der Waals surface area contributed by atoms with Crippen LogP contribution in [-0.2, 0) is 21.7 Å². The molecule has 362 valence electrons. The Morgan fingerprint density at radius 1 is 0.343 bits per heavy atom. The molecule has 70 heavy (non-hydrogen) atoms. The summed E-state index contributed by atoms with van der Waals surface area (Å²) in [5.41, 5.74) is 21.6. The zero-order chi connectivity index (χ0) is 49.6. The highest BCUT2D eigenvalue weighted by Gasteiger charge is 2.45. The summed E-state index contributed by atoms with van der Waals surface area (Å²) in [7, 11) is 0. The van der Waals surface area contributed by atoms with E-state index in [1.807, 2.05) is 24.3 Å². The molecule has 0 radical (unpaired) electrons. The monoisotopic (exact) mass is 927 g/mol. The van der Waals surface area contributed by atoms with Gasteiger partial charge < -0.3 is 10.2 Å². The maximum absolute atomic E-state index is 11.6. The van der Waals surface area contributed by atoms with E-state index in [0.717, 1.165) is 88.2 Å². The van der Waals surface area contributed by atoms with E-state index in [1.54, 1.807) is 0 Å². The summed E-state index contributed by atoms with van der Waals surface area (Å²) in [5.74, 6) is 0.774. The van der Waals surface area contributed by atoms with Crippen LogP contribution in [0.4, 0.5) is 0 Å². The van der Waals surface area contributed by atoms with E-state index in [9.17, 15) is 10.2 Å². The van der Waals surface area contributed by atoms with Gasteiger partial charge in [-0.3, -0.25) is 0 Å². The van der Waals surface area contributed by atoms with Gasteiger partial charge in [0.1, 0.15) is 11.5 Å². The molecule has 0 spiro atoms. The van der Waals surface area contributed by atoms with E-state index < -0.39 is 0 Å². The van der Waals surface area contributed by atoms with Gasteiger partial charge in [-0.2, -0.15) is 0 Å². The van der Waals surface area contributed by atoms with Crippen molar-refractivity contribution >= 4 is 0 Å². The lowest BCUT2D eigenvalue weighted by atomic mass is 9.70. The lowest BCUT2D eigenvalue weighted by Gasteiger charge is -2.32. The molecule has 0 atom stereocenters. The van der Waals surface area contributed by atoms with Gasteiger partial charge >= 0.3 is 0 Å². The maximum Gasteiger partial charge on any atom is 0.123 e. The second kappa shape index (κ2) is 19.4. The Morgan fingerprint density at radius 2 is 0.657 bits per heavy atom. The van der Waals surface area contributed by atoms with Crippen LogP contribution >= 0.6 is 0 Å². The highest BCUT2D eigenvalue weighted by molar-refractivity contribution is 5.91. The van der Waals surface area contributed by atoms with Gasteiger partial charge in [0.2, 0.25) is 0 Å². The van der Waals surface area contributed by atoms with E-state index in [0.29, 0.717) is 11.5 Å². The molecule has 2 nitrogen and oxygen atoms in total. The van der Waals surface area contributed by atoms with Crippen LogP contribution in [0.15, 0.2) is 133 Å². The quantitative estimate of drug-likeness (QED) is 0.101. The molecule has 0 saturated carbocycles. The molecule has 9 rings (SSSR count). The lowest BCUT2D eigenvalue weighted by Crippen LogP contribution is -2.25. The lowest BCUT2D eigenvalue weighted by molar-refractivity contribution is 0.412. The third-order valence-electron chi connectivity index (χ3n) is 16.3. The van der Waals surface area contributed by atoms with Crippen molar-refractivity contribution in [3.63, 3.8) is 0 Å². The zero-order valence-electron chi connectivity index (χ0n) is 44.1. The molecule has 0 aromatic heterocycles. The van der Waals surface area contributed by atoms with Crippen LogP contribution < -0.4 is 0 Å². The van der Waals surface area contributed by atoms with Crippen molar-refractivity contribution < 1.29 is 10.2 Å². The van der Waals surface area contributed by atoms with Crippen LogP contribution in [0, 0.1) is 0 Å². The Hall–Kier alpha value is -5.86. The SMILES string of the molecule is CCCCC1(CCCC)c2ccc(-c3cc(-c4cccc(-c5cc(-c6ccc7c(c6)-c6c(O)cccc6C7(CCCC)CCCC)cc(C(C)(C)C)c5)c4)cc(C(C)(C)C)c3)cc2-c2c(O)cccc21. The summed E-state index contributed by atoms with van der Waals surface area (Å²) < 4.78 is 0. The van der Waals surface area contributed by atoms with E-state index in [1.165, 1.54) is 89.0 Å². The first-order chi connectivity index (χ1) is 33.6. The average Bonchev–Trinajstić information content (AvgIpc) is 3.80. The van der Waals surface area contributed by atoms with Crippen molar-refractivity contribution in [3.8, 4) is 78.3 Å². The summed E-state index contributed by atoms with van der Waals surface area (Å²) in [6.45, 7) is 23.0. The van der Waals surface area contributed by atoms with Crippen LogP contribution in [-0.4, -0.2) is 10.2 Å². The summed E-state index contributed by atoms with van der Waals surface area (Å²) in [5, 5.41) is 23.1. The summed E-state index contributed by atoms with van der Waals surface area (Å²) in [4.78, 5) is 0. The zero-order valence-corrected chi connectivity index (χ0v) is 44.1. The summed E-state index contributed by atoms with van der Waals surface area (Å²) in [6.07, 6.45) is 13.6. The molecule has 0 bridgehead atoms. The Balaban J connectivity index is 1.15. The van der Waals surface area contributed by atoms with Crippen molar-refractivity contribution in [1.82, 2.24) is 0 Å². The number of aromatic hydroxyl groups is 2. The average molecular weight is 927 g/mol. The van der Waals surface area contributed by atoms with Crippen molar-refractivity contribution in [1.29, 1.82) is 0 Å². The second-order valence-electron chi connectivity index (χ2n) is 23.2. The first kappa shape index (κ1) is 49.1. The highest BCUT2D eigenvalue weighted by atomic mass is 16.3. The Bertz CT molecular complexity index is 2820. The Kier molecular flexibility index (Phi) is 13.6. The highest BCUT2D eigenvalue weighted by Crippen LogP contribution is 2.59. The molecular formula is C68H78O2. The van der Waals surface area contributed by atoms with E-state index in [4.69, 9.17) is 0 Å². The fraction of sp³-hybridized carbons (Fsp3) is 0.382. The molecular weight excluding hydrogens is 849 g/mol. The first-order valence-corrected chi connectivity index (χ1v) is 26.9. The predicted molar refractivity (Wildman–Crippen MR) is 299 cm³/mol. The molecule has 0 aliphatic heterocycles. The van der Waals surface area contributed by atoms with Gasteiger partial charge in [0.05, 0.1) is 0 Å². The van der Waals surface area contributed by atoms with Gasteiger partial charge in [0, 0.05) is 22.0 Å². The minimum Gasteiger partial charge on any atom is -0.507 e. The molecule has 2 heteroatoms. The predicted octanol–water partition coefficient (Wildman–Crippen LogP) is 19.7. The largest absolute Gasteiger partial charge is 0.507 e. The van der Waals surface area contributed by atoms with Crippen LogP contribution in [0.25, 0.3) is 66.8 Å². The van der Waals surface area contributed by atoms with Crippen molar-refractivity contribution in [2.75, 3.05) is 0 Å². The topological polar surface area (TPSA) is 40.5 Å². The van der Waals surface area contributed by atoms with Gasteiger partial charge in [-0.15, -0.1) is 0 Å². The minimum absolute atomic E-state index is 0.0752. The third-order valence-corrected chi connectivity index (χ3v) is 16.3. The second-order valence-corrected chi connectivity index (χ2v) is 23.2. The molecule has 0 unspecified atom stereocenters. The molecule has 2 aliphatic carbocycles. The number of rotatable bonds is 16. The molecule has 0 amide bonds. The molecule has 7 aromatic rings. The first-order valence-electron chi connectivity index (χ1n) is 26.9. The van der Waals surface area contributed by atoms with Gasteiger partial charge in [-0.25, -0.2) is 0 Å². The number of hydrogen-bond acceptors (Lipinski definition) is 2. The number of unbranched alkanes of at least 4 members (excludes halogenated alkanes) is 4. The third kappa shape index (κ3) is 8.84. The summed E-state index contributed by atoms with van der Waals surface area (Å²) in [6, 6.07) is 50.2. The number of phenols is 2. The Labute approximate surface area is 421 Å². The molecule has 7 aromatic carbocycles. The van der Waals surface area contributed by atoms with Crippen LogP contribution in [0.2, 0.25) is 0 Å². The van der Waals surface area contributed by atoms with Crippen LogP contribution in [0.1, 0.15) is 180 Å². The standard InChI is InChI=1S/C68H78O2/c1-11-15-32-67(33-16-12-2)57-30-28-47(43-55(57)63-59(67)24-20-26-61(63)69)51-37-49(39-53(41-51)65(5,6)7)45-22-19-23-46(36-45)50-38-52(42-54(40-50)66(8,9)10)48-29-31-58-56(44-48)64-60(25-21-27-62(64)70)68(58,34-17-13-3)35-18-14-4/h19-31,36-44,69-70H,11-18,32-35H2,1-10H3. The normalized spacial score (nSPS) is 14.3. The van der Waals surface area contributed by atoms with Gasteiger partial charge in [-0.1, -0.05) is 212 Å². The fourth-order valence-electron chi connectivity index (χ4n) is 12.3. The van der Waals surface area contributed by atoms with Crippen molar-refractivity contribution in [2.45, 2.75) is 168 Å². The molecule has 2 aliphatic rings. The minimum atomic E-state index is -0.0830. The number of hydrogen-bond donors (Lipinski definition) is 2. The van der Waals surface area contributed by atoms with Crippen LogP contribution in [0.3, 0.4) is 0 Å². The number of benzene rings is 7. The smallest absolute Gasteiger partial charge is 0.123 e. The Morgan fingerprint density at radius 3 is 0.986 bits per heavy atom. The molecule has 0 heterocycles. The van der Waals surface area contributed by atoms with Crippen molar-refractivity contribution in [3.05, 3.63) is 167 Å². The molecule has 0 saturated heterocycles. The van der Waals surface area contributed by atoms with Gasteiger partial charge in [-0.05, 0) is 168 Å². The molecule has 2 N–H and O–H groups in total. The molecule has 0 fully saturated rings. The fourth-order valence-corrected chi connectivity index (χ4v) is 12.3. The van der Waals surface area contributed by atoms with E-state index in [2.05, 4.69) is 178 Å². The van der Waals surface area contributed by atoms with Gasteiger partial charge in [0.25, 0.3) is 0 Å². The van der Waals surface area contributed by atoms with E-state index in [-0.39, 0.29) is 21.7 Å². The summed E-state index contributed by atoms with van der Waals surface area (Å²) >= 11 is 0. The maximum atomic E-state index is 11.6. The van der Waals surface area contributed by atoms with Crippen molar-refractivity contribution in [2.24, 2.45) is 0 Å².